The predicted molar refractivity (Wildman–Crippen MR) is 68.8 cm³/mol. The van der Waals surface area contributed by atoms with E-state index >= 15 is 0 Å². The number of ether oxygens (including phenoxy) is 2. The Hall–Kier alpha value is -0.780. The van der Waals surface area contributed by atoms with E-state index in [0.717, 1.165) is 17.1 Å². The van der Waals surface area contributed by atoms with Crippen LogP contribution in [0.25, 0.3) is 0 Å². The number of nitrogen functional groups attached to an aromatic ring is 1. The highest BCUT2D eigenvalue weighted by atomic mass is 32.2. The van der Waals surface area contributed by atoms with Crippen LogP contribution in [0.1, 0.15) is 6.42 Å². The molecule has 0 aliphatic rings. The quantitative estimate of drug-likeness (QED) is 0.443. The molecule has 0 saturated carbocycles. The summed E-state index contributed by atoms with van der Waals surface area (Å²) in [6.07, 6.45) is 0.907. The summed E-state index contributed by atoms with van der Waals surface area (Å²) < 4.78 is 23.1. The summed E-state index contributed by atoms with van der Waals surface area (Å²) in [4.78, 5) is 0.793. The highest BCUT2D eigenvalue weighted by Gasteiger charge is 2.01. The lowest BCUT2D eigenvalue weighted by Crippen LogP contribution is -2.03. The van der Waals surface area contributed by atoms with E-state index in [2.05, 4.69) is 0 Å². The second-order valence-corrected chi connectivity index (χ2v) is 4.63. The number of hydrogen-bond donors (Lipinski definition) is 1. The summed E-state index contributed by atoms with van der Waals surface area (Å²) in [5.41, 5.74) is 6.36. The lowest BCUT2D eigenvalue weighted by atomic mass is 10.3. The summed E-state index contributed by atoms with van der Waals surface area (Å²) in [5.74, 6) is 0.610. The molecule has 96 valence electrons. The molecule has 0 saturated heterocycles. The molecule has 1 rings (SSSR count). The number of nitrogens with two attached hydrogens (primary N) is 1. The Kier molecular flexibility index (Phi) is 7.00. The molecule has 0 aliphatic carbocycles. The van der Waals surface area contributed by atoms with Crippen LogP contribution in [0.4, 0.5) is 10.1 Å². The molecule has 0 aromatic heterocycles. The number of rotatable bonds is 8. The molecular formula is C12H18FNO2S. The summed E-state index contributed by atoms with van der Waals surface area (Å²) in [5, 5.41) is 0. The van der Waals surface area contributed by atoms with E-state index in [1.165, 1.54) is 12.1 Å². The van der Waals surface area contributed by atoms with Crippen LogP contribution in [-0.4, -0.2) is 32.7 Å². The highest BCUT2D eigenvalue weighted by Crippen LogP contribution is 2.26. The Morgan fingerprint density at radius 3 is 2.88 bits per heavy atom. The van der Waals surface area contributed by atoms with Crippen molar-refractivity contribution in [3.63, 3.8) is 0 Å². The Morgan fingerprint density at radius 2 is 2.12 bits per heavy atom. The first-order valence-electron chi connectivity index (χ1n) is 5.48. The van der Waals surface area contributed by atoms with Crippen molar-refractivity contribution in [2.75, 3.05) is 38.4 Å². The summed E-state index contributed by atoms with van der Waals surface area (Å²) in [6, 6.07) is 4.42. The fraction of sp³-hybridized carbons (Fsp3) is 0.500. The first-order valence-corrected chi connectivity index (χ1v) is 6.47. The van der Waals surface area contributed by atoms with E-state index in [1.54, 1.807) is 24.9 Å². The van der Waals surface area contributed by atoms with Crippen molar-refractivity contribution in [3.05, 3.63) is 24.0 Å². The first-order chi connectivity index (χ1) is 8.24. The number of benzene rings is 1. The molecule has 0 aliphatic heterocycles. The molecule has 0 unspecified atom stereocenters. The predicted octanol–water partition coefficient (Wildman–Crippen LogP) is 2.55. The van der Waals surface area contributed by atoms with Gasteiger partial charge in [-0.1, -0.05) is 0 Å². The Labute approximate surface area is 105 Å². The van der Waals surface area contributed by atoms with Crippen molar-refractivity contribution < 1.29 is 13.9 Å². The molecule has 2 N–H and O–H groups in total. The SMILES string of the molecule is COCCOCCCSc1cc(F)ccc1N. The van der Waals surface area contributed by atoms with Crippen LogP contribution in [-0.2, 0) is 9.47 Å². The van der Waals surface area contributed by atoms with Crippen LogP contribution >= 0.6 is 11.8 Å². The van der Waals surface area contributed by atoms with Gasteiger partial charge in [0.05, 0.1) is 13.2 Å². The Balaban J connectivity index is 2.15. The molecular weight excluding hydrogens is 241 g/mol. The maximum absolute atomic E-state index is 13.0. The van der Waals surface area contributed by atoms with Gasteiger partial charge in [-0.15, -0.1) is 11.8 Å². The number of thioether (sulfide) groups is 1. The average Bonchev–Trinajstić information content (AvgIpc) is 2.32. The fourth-order valence-electron chi connectivity index (χ4n) is 1.22. The van der Waals surface area contributed by atoms with Crippen molar-refractivity contribution in [1.82, 2.24) is 0 Å². The fourth-order valence-corrected chi connectivity index (χ4v) is 2.13. The summed E-state index contributed by atoms with van der Waals surface area (Å²) in [7, 11) is 1.64. The number of halogens is 1. The van der Waals surface area contributed by atoms with Gasteiger partial charge in [-0.3, -0.25) is 0 Å². The molecule has 5 heteroatoms. The molecule has 3 nitrogen and oxygen atoms in total. The van der Waals surface area contributed by atoms with E-state index in [1.807, 2.05) is 0 Å². The largest absolute Gasteiger partial charge is 0.398 e. The molecule has 0 bridgehead atoms. The average molecular weight is 259 g/mol. The van der Waals surface area contributed by atoms with Crippen LogP contribution in [0.15, 0.2) is 23.1 Å². The third-order valence-corrected chi connectivity index (χ3v) is 3.26. The standard InChI is InChI=1S/C12H18FNO2S/c1-15-6-7-16-5-2-8-17-12-9-10(13)3-4-11(12)14/h3-4,9H,2,5-8,14H2,1H3. The van der Waals surface area contributed by atoms with Gasteiger partial charge < -0.3 is 15.2 Å². The van der Waals surface area contributed by atoms with Crippen LogP contribution in [0, 0.1) is 5.82 Å². The van der Waals surface area contributed by atoms with Crippen LogP contribution in [0.2, 0.25) is 0 Å². The van der Waals surface area contributed by atoms with Crippen molar-refractivity contribution in [1.29, 1.82) is 0 Å². The maximum Gasteiger partial charge on any atom is 0.124 e. The minimum Gasteiger partial charge on any atom is -0.398 e. The lowest BCUT2D eigenvalue weighted by molar-refractivity contribution is 0.0713. The minimum absolute atomic E-state index is 0.252. The molecule has 0 heterocycles. The van der Waals surface area contributed by atoms with Gasteiger partial charge in [0.2, 0.25) is 0 Å². The molecule has 1 aromatic rings. The molecule has 0 spiro atoms. The van der Waals surface area contributed by atoms with Crippen LogP contribution in [0.5, 0.6) is 0 Å². The Bertz CT molecular complexity index is 336. The van der Waals surface area contributed by atoms with Crippen LogP contribution in [0.3, 0.4) is 0 Å². The topological polar surface area (TPSA) is 44.5 Å². The van der Waals surface area contributed by atoms with Crippen molar-refractivity contribution in [2.45, 2.75) is 11.3 Å². The number of anilines is 1. The Morgan fingerprint density at radius 1 is 1.29 bits per heavy atom. The minimum atomic E-state index is -0.252. The zero-order chi connectivity index (χ0) is 12.5. The third-order valence-electron chi connectivity index (χ3n) is 2.10. The molecule has 17 heavy (non-hydrogen) atoms. The van der Waals surface area contributed by atoms with Crippen molar-refractivity contribution in [3.8, 4) is 0 Å². The van der Waals surface area contributed by atoms with Gasteiger partial charge in [-0.05, 0) is 24.6 Å². The van der Waals surface area contributed by atoms with Gasteiger partial charge in [-0.2, -0.15) is 0 Å². The second kappa shape index (κ2) is 8.33. The van der Waals surface area contributed by atoms with Gasteiger partial charge in [-0.25, -0.2) is 4.39 Å². The van der Waals surface area contributed by atoms with E-state index < -0.39 is 0 Å². The maximum atomic E-state index is 13.0. The first kappa shape index (κ1) is 14.3. The zero-order valence-electron chi connectivity index (χ0n) is 9.95. The molecule has 0 atom stereocenters. The molecule has 0 amide bonds. The summed E-state index contributed by atoms with van der Waals surface area (Å²) in [6.45, 7) is 1.92. The second-order valence-electron chi connectivity index (χ2n) is 3.49. The smallest absolute Gasteiger partial charge is 0.124 e. The van der Waals surface area contributed by atoms with E-state index in [0.29, 0.717) is 25.5 Å². The van der Waals surface area contributed by atoms with Crippen LogP contribution < -0.4 is 5.73 Å². The van der Waals surface area contributed by atoms with E-state index in [9.17, 15) is 4.39 Å². The van der Waals surface area contributed by atoms with Crippen molar-refractivity contribution in [2.24, 2.45) is 0 Å². The molecule has 0 radical (unpaired) electrons. The monoisotopic (exact) mass is 259 g/mol. The highest BCUT2D eigenvalue weighted by molar-refractivity contribution is 7.99. The molecule has 0 fully saturated rings. The number of hydrogen-bond acceptors (Lipinski definition) is 4. The lowest BCUT2D eigenvalue weighted by Gasteiger charge is -2.06. The van der Waals surface area contributed by atoms with E-state index in [4.69, 9.17) is 15.2 Å². The van der Waals surface area contributed by atoms with Gasteiger partial charge in [0.15, 0.2) is 0 Å². The number of methoxy groups -OCH3 is 1. The zero-order valence-corrected chi connectivity index (χ0v) is 10.8. The summed E-state index contributed by atoms with van der Waals surface area (Å²) >= 11 is 1.55. The van der Waals surface area contributed by atoms with Crippen molar-refractivity contribution >= 4 is 17.4 Å². The van der Waals surface area contributed by atoms with Gasteiger partial charge in [0.1, 0.15) is 5.82 Å². The third kappa shape index (κ3) is 5.91. The van der Waals surface area contributed by atoms with Gasteiger partial charge >= 0.3 is 0 Å². The van der Waals surface area contributed by atoms with Gasteiger partial charge in [0.25, 0.3) is 0 Å². The van der Waals surface area contributed by atoms with E-state index in [-0.39, 0.29) is 5.82 Å². The molecule has 1 aromatic carbocycles. The normalized spacial score (nSPS) is 10.7. The van der Waals surface area contributed by atoms with Gasteiger partial charge in [0, 0.05) is 30.1 Å².